The topological polar surface area (TPSA) is 178 Å². The van der Waals surface area contributed by atoms with Gasteiger partial charge in [-0.05, 0) is 44.1 Å². The smallest absolute Gasteiger partial charge is 0.338 e. The Hall–Kier alpha value is -4.10. The quantitative estimate of drug-likeness (QED) is 0.331. The molecule has 2 saturated carbocycles. The maximum atomic E-state index is 13.9. The minimum absolute atomic E-state index is 0.0454. The molecule has 0 spiro atoms. The molecule has 260 valence electrons. The SMILES string of the molecule is CC(=O)O[C@H]1C[C@H]2OC[C@@]2(OC(C)=O)[C@H]2[C@H](OC(C)=O)[C@]3(C(C)(C)O)CC(=O)C(C)=C3[C@@H](OC(=O)c3ccccc3)[C@H](OC(C)=O)[C@]12C. The number of aliphatic hydroxyl groups is 1. The van der Waals surface area contributed by atoms with Crippen LogP contribution in [-0.4, -0.2) is 89.1 Å². The lowest BCUT2D eigenvalue weighted by molar-refractivity contribution is -0.352. The number of carbonyl (C=O) groups is 6. The molecule has 1 aliphatic heterocycles. The van der Waals surface area contributed by atoms with Crippen molar-refractivity contribution in [1.82, 2.24) is 0 Å². The van der Waals surface area contributed by atoms with Gasteiger partial charge in [0.05, 0.1) is 34.5 Å². The van der Waals surface area contributed by atoms with Gasteiger partial charge in [-0.3, -0.25) is 24.0 Å². The fraction of sp³-hybridized carbons (Fsp3) is 0.600. The molecule has 48 heavy (non-hydrogen) atoms. The summed E-state index contributed by atoms with van der Waals surface area (Å²) in [5.74, 6) is -5.55. The number of Topliss-reactive ketones (excluding diaryl/α,β-unsaturated/α-hetero) is 1. The minimum Gasteiger partial charge on any atom is -0.462 e. The summed E-state index contributed by atoms with van der Waals surface area (Å²) in [4.78, 5) is 79.5. The molecule has 1 saturated heterocycles. The predicted octanol–water partition coefficient (Wildman–Crippen LogP) is 2.79. The highest BCUT2D eigenvalue weighted by Crippen LogP contribution is 2.68. The van der Waals surface area contributed by atoms with E-state index in [1.165, 1.54) is 46.8 Å². The molecule has 0 bridgehead atoms. The normalized spacial score (nSPS) is 35.5. The van der Waals surface area contributed by atoms with Crippen LogP contribution in [0.5, 0.6) is 0 Å². The Labute approximate surface area is 278 Å². The van der Waals surface area contributed by atoms with Gasteiger partial charge >= 0.3 is 29.8 Å². The van der Waals surface area contributed by atoms with Crippen molar-refractivity contribution < 1.29 is 62.3 Å². The van der Waals surface area contributed by atoms with Crippen molar-refractivity contribution in [1.29, 1.82) is 0 Å². The van der Waals surface area contributed by atoms with Crippen molar-refractivity contribution >= 4 is 35.6 Å². The van der Waals surface area contributed by atoms with Crippen molar-refractivity contribution in [2.45, 2.75) is 110 Å². The Morgan fingerprint density at radius 2 is 1.46 bits per heavy atom. The predicted molar refractivity (Wildman–Crippen MR) is 164 cm³/mol. The summed E-state index contributed by atoms with van der Waals surface area (Å²) in [6, 6.07) is 8.00. The molecule has 3 aliphatic carbocycles. The van der Waals surface area contributed by atoms with Crippen LogP contribution < -0.4 is 0 Å². The van der Waals surface area contributed by atoms with Gasteiger partial charge < -0.3 is 33.5 Å². The third kappa shape index (κ3) is 5.31. The lowest BCUT2D eigenvalue weighted by Gasteiger charge is -2.65. The van der Waals surface area contributed by atoms with Crippen molar-refractivity contribution in [2.24, 2.45) is 16.7 Å². The van der Waals surface area contributed by atoms with Gasteiger partial charge in [0.15, 0.2) is 23.6 Å². The van der Waals surface area contributed by atoms with Gasteiger partial charge in [0.2, 0.25) is 0 Å². The Kier molecular flexibility index (Phi) is 8.88. The van der Waals surface area contributed by atoms with Crippen LogP contribution in [0.3, 0.4) is 0 Å². The lowest BCUT2D eigenvalue weighted by Crippen LogP contribution is -2.79. The molecule has 0 unspecified atom stereocenters. The summed E-state index contributed by atoms with van der Waals surface area (Å²) in [6.07, 6.45) is -7.14. The highest BCUT2D eigenvalue weighted by atomic mass is 16.6. The first-order valence-corrected chi connectivity index (χ1v) is 15.9. The van der Waals surface area contributed by atoms with Gasteiger partial charge in [-0.15, -0.1) is 0 Å². The largest absolute Gasteiger partial charge is 0.462 e. The van der Waals surface area contributed by atoms with Crippen molar-refractivity contribution in [2.75, 3.05) is 6.61 Å². The van der Waals surface area contributed by atoms with E-state index in [9.17, 15) is 33.9 Å². The van der Waals surface area contributed by atoms with Gasteiger partial charge in [-0.1, -0.05) is 25.1 Å². The number of benzene rings is 1. The summed E-state index contributed by atoms with van der Waals surface area (Å²) in [6.45, 7) is 10.5. The third-order valence-corrected chi connectivity index (χ3v) is 10.6. The van der Waals surface area contributed by atoms with E-state index in [0.29, 0.717) is 0 Å². The number of rotatable bonds is 7. The monoisotopic (exact) mass is 670 g/mol. The van der Waals surface area contributed by atoms with Gasteiger partial charge in [0, 0.05) is 40.5 Å². The number of fused-ring (bicyclic) bond motifs is 4. The second kappa shape index (κ2) is 12.1. The molecule has 0 amide bonds. The standard InChI is InChI=1S/C35H42O13/c1-17-23(40)15-34(32(6,7)42)26(17)27(47-31(41)22-12-10-9-11-13-22)29(45-19(3)37)33(8)24(44-18(2)36)14-25-35(16-43-25,48-21(5)39)28(33)30(34)46-20(4)38/h9-13,24-25,27-30,42H,14-16H2,1-8H3/t24-,25+,27+,28-,29-,30-,33+,34-,35-/m0/s1. The number of esters is 5. The first-order valence-electron chi connectivity index (χ1n) is 15.9. The zero-order valence-electron chi connectivity index (χ0n) is 28.3. The van der Waals surface area contributed by atoms with E-state index in [4.69, 9.17) is 28.4 Å². The number of hydrogen-bond donors (Lipinski definition) is 1. The molecule has 13 heteroatoms. The molecule has 0 aromatic heterocycles. The summed E-state index contributed by atoms with van der Waals surface area (Å²) in [5, 5.41) is 12.3. The molecule has 13 nitrogen and oxygen atoms in total. The van der Waals surface area contributed by atoms with E-state index in [-0.39, 0.29) is 29.7 Å². The highest BCUT2D eigenvalue weighted by Gasteiger charge is 2.80. The third-order valence-electron chi connectivity index (χ3n) is 10.6. The van der Waals surface area contributed by atoms with Crippen LogP contribution in [0.15, 0.2) is 41.5 Å². The van der Waals surface area contributed by atoms with Crippen LogP contribution in [0, 0.1) is 16.7 Å². The molecule has 0 radical (unpaired) electrons. The van der Waals surface area contributed by atoms with Crippen LogP contribution in [0.25, 0.3) is 0 Å². The summed E-state index contributed by atoms with van der Waals surface area (Å²) in [7, 11) is 0. The second-order valence-electron chi connectivity index (χ2n) is 13.9. The summed E-state index contributed by atoms with van der Waals surface area (Å²) >= 11 is 0. The van der Waals surface area contributed by atoms with Crippen molar-refractivity contribution in [3.63, 3.8) is 0 Å². The number of allylic oxidation sites excluding steroid dienone is 1. The van der Waals surface area contributed by atoms with Crippen LogP contribution >= 0.6 is 0 Å². The molecule has 1 heterocycles. The van der Waals surface area contributed by atoms with E-state index >= 15 is 0 Å². The van der Waals surface area contributed by atoms with Crippen molar-refractivity contribution in [3.05, 3.63) is 47.0 Å². The van der Waals surface area contributed by atoms with E-state index < -0.39 is 101 Å². The molecule has 5 rings (SSSR count). The molecular formula is C35H42O13. The zero-order valence-corrected chi connectivity index (χ0v) is 28.3. The second-order valence-corrected chi connectivity index (χ2v) is 13.9. The zero-order chi connectivity index (χ0) is 35.6. The molecule has 9 atom stereocenters. The number of ketones is 1. The van der Waals surface area contributed by atoms with Gasteiger partial charge in [0.25, 0.3) is 0 Å². The van der Waals surface area contributed by atoms with Crippen molar-refractivity contribution in [3.8, 4) is 0 Å². The first kappa shape index (κ1) is 35.2. The van der Waals surface area contributed by atoms with E-state index in [1.807, 2.05) is 0 Å². The average molecular weight is 671 g/mol. The molecule has 3 fully saturated rings. The van der Waals surface area contributed by atoms with E-state index in [2.05, 4.69) is 0 Å². The van der Waals surface area contributed by atoms with E-state index in [0.717, 1.165) is 13.8 Å². The highest BCUT2D eigenvalue weighted by molar-refractivity contribution is 6.00. The minimum atomic E-state index is -1.90. The fourth-order valence-corrected chi connectivity index (χ4v) is 8.78. The molecule has 4 aliphatic rings. The Morgan fingerprint density at radius 3 is 1.96 bits per heavy atom. The van der Waals surface area contributed by atoms with Crippen LogP contribution in [0.1, 0.15) is 78.6 Å². The Morgan fingerprint density at radius 1 is 0.875 bits per heavy atom. The van der Waals surface area contributed by atoms with E-state index in [1.54, 1.807) is 25.1 Å². The van der Waals surface area contributed by atoms with Gasteiger partial charge in [-0.25, -0.2) is 4.79 Å². The number of hydrogen-bond acceptors (Lipinski definition) is 13. The molecule has 1 aromatic carbocycles. The summed E-state index contributed by atoms with van der Waals surface area (Å²) in [5.41, 5.74) is -6.67. The maximum absolute atomic E-state index is 13.9. The van der Waals surface area contributed by atoms with Gasteiger partial charge in [0.1, 0.15) is 18.3 Å². The average Bonchev–Trinajstić information content (AvgIpc) is 3.21. The molecule has 1 N–H and O–H groups in total. The first-order chi connectivity index (χ1) is 22.3. The maximum Gasteiger partial charge on any atom is 0.338 e. The summed E-state index contributed by atoms with van der Waals surface area (Å²) < 4.78 is 36.6. The Bertz CT molecular complexity index is 1570. The van der Waals surface area contributed by atoms with Crippen LogP contribution in [-0.2, 0) is 52.4 Å². The van der Waals surface area contributed by atoms with Crippen LogP contribution in [0.4, 0.5) is 0 Å². The molecular weight excluding hydrogens is 628 g/mol. The number of carbonyl (C=O) groups excluding carboxylic acids is 6. The Balaban J connectivity index is 1.94. The van der Waals surface area contributed by atoms with Gasteiger partial charge in [-0.2, -0.15) is 0 Å². The fourth-order valence-electron chi connectivity index (χ4n) is 8.78. The van der Waals surface area contributed by atoms with Crippen LogP contribution in [0.2, 0.25) is 0 Å². The molecule has 1 aromatic rings. The number of ether oxygens (including phenoxy) is 6. The lowest BCUT2D eigenvalue weighted by atomic mass is 9.49.